The van der Waals surface area contributed by atoms with E-state index >= 15 is 0 Å². The van der Waals surface area contributed by atoms with Crippen LogP contribution >= 0.6 is 0 Å². The summed E-state index contributed by atoms with van der Waals surface area (Å²) in [5.41, 5.74) is 4.10. The van der Waals surface area contributed by atoms with Crippen LogP contribution in [0.25, 0.3) is 17.2 Å². The van der Waals surface area contributed by atoms with Crippen molar-refractivity contribution in [3.05, 3.63) is 71.5 Å². The zero-order valence-electron chi connectivity index (χ0n) is 19.1. The molecular formula is C25H24N6O3. The first-order valence-electron chi connectivity index (χ1n) is 11.0. The number of amides is 1. The zero-order valence-corrected chi connectivity index (χ0v) is 19.1. The molecule has 0 fully saturated rings. The van der Waals surface area contributed by atoms with E-state index in [0.717, 1.165) is 28.1 Å². The van der Waals surface area contributed by atoms with Crippen molar-refractivity contribution in [3.8, 4) is 28.7 Å². The summed E-state index contributed by atoms with van der Waals surface area (Å²) in [7, 11) is 1.62. The Bertz CT molecular complexity index is 1370. The van der Waals surface area contributed by atoms with E-state index in [-0.39, 0.29) is 17.8 Å². The van der Waals surface area contributed by atoms with E-state index in [9.17, 15) is 4.79 Å². The molecule has 1 aliphatic rings. The molecule has 2 aromatic heterocycles. The minimum absolute atomic E-state index is 0.109. The Morgan fingerprint density at radius 2 is 2.03 bits per heavy atom. The normalized spacial score (nSPS) is 14.9. The van der Waals surface area contributed by atoms with Gasteiger partial charge in [-0.3, -0.25) is 4.79 Å². The van der Waals surface area contributed by atoms with Crippen molar-refractivity contribution in [1.82, 2.24) is 25.0 Å². The largest absolute Gasteiger partial charge is 0.497 e. The summed E-state index contributed by atoms with van der Waals surface area (Å²) in [5, 5.41) is 16.0. The number of para-hydroxylation sites is 1. The summed E-state index contributed by atoms with van der Waals surface area (Å²) in [6, 6.07) is 15.3. The molecule has 1 unspecified atom stereocenters. The minimum Gasteiger partial charge on any atom is -0.497 e. The maximum atomic E-state index is 12.8. The molecule has 1 amide bonds. The van der Waals surface area contributed by atoms with Crippen LogP contribution in [0.3, 0.4) is 0 Å². The van der Waals surface area contributed by atoms with Crippen LogP contribution in [0.5, 0.6) is 11.5 Å². The molecule has 0 radical (unpaired) electrons. The molecule has 1 aliphatic heterocycles. The number of aromatic nitrogens is 5. The Hall–Kier alpha value is -4.27. The van der Waals surface area contributed by atoms with Crippen LogP contribution in [-0.2, 0) is 4.79 Å². The molecule has 0 aliphatic carbocycles. The Kier molecular flexibility index (Phi) is 5.67. The van der Waals surface area contributed by atoms with Crippen molar-refractivity contribution in [3.63, 3.8) is 0 Å². The van der Waals surface area contributed by atoms with Gasteiger partial charge in [0.2, 0.25) is 5.91 Å². The molecule has 9 nitrogen and oxygen atoms in total. The van der Waals surface area contributed by atoms with E-state index in [0.29, 0.717) is 30.3 Å². The van der Waals surface area contributed by atoms with Gasteiger partial charge >= 0.3 is 0 Å². The van der Waals surface area contributed by atoms with E-state index < -0.39 is 0 Å². The third-order valence-corrected chi connectivity index (χ3v) is 5.80. The predicted octanol–water partition coefficient (Wildman–Crippen LogP) is 3.91. The number of rotatable bonds is 6. The highest BCUT2D eigenvalue weighted by molar-refractivity contribution is 5.95. The lowest BCUT2D eigenvalue weighted by molar-refractivity contribution is -0.116. The number of anilines is 1. The highest BCUT2D eigenvalue weighted by atomic mass is 16.5. The number of benzene rings is 2. The number of carbonyl (C=O) groups is 1. The first kappa shape index (κ1) is 21.6. The van der Waals surface area contributed by atoms with Crippen molar-refractivity contribution >= 4 is 11.7 Å². The fourth-order valence-corrected chi connectivity index (χ4v) is 4.32. The molecule has 0 bridgehead atoms. The Balaban J connectivity index is 1.61. The second-order valence-electron chi connectivity index (χ2n) is 7.91. The molecule has 2 aromatic carbocycles. The molecular weight excluding hydrogens is 432 g/mol. The van der Waals surface area contributed by atoms with Crippen LogP contribution in [0.4, 0.5) is 5.82 Å². The Labute approximate surface area is 196 Å². The van der Waals surface area contributed by atoms with E-state index in [1.165, 1.54) is 0 Å². The first-order chi connectivity index (χ1) is 16.6. The fraction of sp³-hybridized carbons (Fsp3) is 0.240. The van der Waals surface area contributed by atoms with E-state index in [1.54, 1.807) is 18.0 Å². The van der Waals surface area contributed by atoms with E-state index in [4.69, 9.17) is 9.47 Å². The van der Waals surface area contributed by atoms with Crippen LogP contribution < -0.4 is 14.8 Å². The summed E-state index contributed by atoms with van der Waals surface area (Å²) in [6.07, 6.45) is 1.88. The van der Waals surface area contributed by atoms with Crippen molar-refractivity contribution in [2.45, 2.75) is 26.2 Å². The molecule has 1 atom stereocenters. The van der Waals surface area contributed by atoms with Crippen LogP contribution in [-0.4, -0.2) is 44.6 Å². The average molecular weight is 457 g/mol. The smallest absolute Gasteiger partial charge is 0.272 e. The number of carbonyl (C=O) groups excluding carboxylic acids is 1. The molecule has 1 N–H and O–H groups in total. The first-order valence-corrected chi connectivity index (χ1v) is 11.0. The van der Waals surface area contributed by atoms with Gasteiger partial charge in [0.15, 0.2) is 0 Å². The number of aryl methyl sites for hydroxylation is 1. The third kappa shape index (κ3) is 3.85. The molecule has 4 aromatic rings. The fourth-order valence-electron chi connectivity index (χ4n) is 4.32. The number of methoxy groups -OCH3 is 1. The molecule has 172 valence electrons. The van der Waals surface area contributed by atoms with Crippen LogP contribution in [0.15, 0.2) is 54.7 Å². The number of hydrogen-bond donors (Lipinski definition) is 1. The van der Waals surface area contributed by atoms with Gasteiger partial charge in [-0.05, 0) is 32.0 Å². The highest BCUT2D eigenvalue weighted by Crippen LogP contribution is 2.42. The van der Waals surface area contributed by atoms with Crippen molar-refractivity contribution in [1.29, 1.82) is 0 Å². The standard InChI is InChI=1S/C25H24N6O3/c1-4-34-21-11-6-5-10-18(21)19-13-22(32)28-24-23(19)15(2)30-31(24)25-27-20(14-26-29-25)16-8-7-9-17(12-16)33-3/h5-12,14,19H,4,13H2,1-3H3,(H,28,32). The molecule has 9 heteroatoms. The maximum Gasteiger partial charge on any atom is 0.272 e. The molecule has 0 spiro atoms. The molecule has 0 saturated carbocycles. The maximum absolute atomic E-state index is 12.8. The molecule has 0 saturated heterocycles. The lowest BCUT2D eigenvalue weighted by Gasteiger charge is -2.25. The minimum atomic E-state index is -0.199. The monoisotopic (exact) mass is 456 g/mol. The predicted molar refractivity (Wildman–Crippen MR) is 126 cm³/mol. The van der Waals surface area contributed by atoms with Gasteiger partial charge in [0.1, 0.15) is 17.3 Å². The summed E-state index contributed by atoms with van der Waals surface area (Å²) >= 11 is 0. The summed E-state index contributed by atoms with van der Waals surface area (Å²) < 4.78 is 12.7. The van der Waals surface area contributed by atoms with Crippen LogP contribution in [0.2, 0.25) is 0 Å². The van der Waals surface area contributed by atoms with Crippen LogP contribution in [0, 0.1) is 6.92 Å². The van der Waals surface area contributed by atoms with Gasteiger partial charge in [0.25, 0.3) is 5.95 Å². The van der Waals surface area contributed by atoms with Gasteiger partial charge in [-0.1, -0.05) is 30.3 Å². The van der Waals surface area contributed by atoms with E-state index in [1.807, 2.05) is 62.4 Å². The van der Waals surface area contributed by atoms with Gasteiger partial charge in [0.05, 0.1) is 31.3 Å². The molecule has 5 rings (SSSR count). The second kappa shape index (κ2) is 8.93. The van der Waals surface area contributed by atoms with Gasteiger partial charge in [-0.15, -0.1) is 5.10 Å². The number of nitrogens with one attached hydrogen (secondary N) is 1. The second-order valence-corrected chi connectivity index (χ2v) is 7.91. The van der Waals surface area contributed by atoms with Crippen molar-refractivity contribution < 1.29 is 14.3 Å². The lowest BCUT2D eigenvalue weighted by Crippen LogP contribution is -2.25. The quantitative estimate of drug-likeness (QED) is 0.469. The number of hydrogen-bond acceptors (Lipinski definition) is 7. The summed E-state index contributed by atoms with van der Waals surface area (Å²) in [6.45, 7) is 4.40. The number of ether oxygens (including phenoxy) is 2. The van der Waals surface area contributed by atoms with Crippen molar-refractivity contribution in [2.75, 3.05) is 19.0 Å². The van der Waals surface area contributed by atoms with Gasteiger partial charge in [-0.25, -0.2) is 4.98 Å². The Morgan fingerprint density at radius 3 is 2.85 bits per heavy atom. The van der Waals surface area contributed by atoms with Crippen LogP contribution in [0.1, 0.15) is 36.1 Å². The summed E-state index contributed by atoms with van der Waals surface area (Å²) in [5.74, 6) is 1.99. The highest BCUT2D eigenvalue weighted by Gasteiger charge is 2.34. The third-order valence-electron chi connectivity index (χ3n) is 5.80. The Morgan fingerprint density at radius 1 is 1.18 bits per heavy atom. The SMILES string of the molecule is CCOc1ccccc1C1CC(=O)Nc2c1c(C)nn2-c1nncc(-c2cccc(OC)c2)n1. The average Bonchev–Trinajstić information content (AvgIpc) is 3.20. The van der Waals surface area contributed by atoms with Gasteiger partial charge in [-0.2, -0.15) is 14.9 Å². The molecule has 34 heavy (non-hydrogen) atoms. The van der Waals surface area contributed by atoms with E-state index in [2.05, 4.69) is 25.6 Å². The number of fused-ring (bicyclic) bond motifs is 1. The van der Waals surface area contributed by atoms with Crippen molar-refractivity contribution in [2.24, 2.45) is 0 Å². The lowest BCUT2D eigenvalue weighted by atomic mass is 9.85. The molecule has 3 heterocycles. The van der Waals surface area contributed by atoms with Gasteiger partial charge in [0, 0.05) is 29.0 Å². The summed E-state index contributed by atoms with van der Waals surface area (Å²) in [4.78, 5) is 17.4. The topological polar surface area (TPSA) is 104 Å². The zero-order chi connectivity index (χ0) is 23.7. The van der Waals surface area contributed by atoms with Gasteiger partial charge < -0.3 is 14.8 Å². The number of nitrogens with zero attached hydrogens (tertiary/aromatic N) is 5.